The van der Waals surface area contributed by atoms with Crippen LogP contribution in [-0.2, 0) is 6.42 Å². The van der Waals surface area contributed by atoms with E-state index in [9.17, 15) is 0 Å². The number of aromatic nitrogens is 3. The van der Waals surface area contributed by atoms with E-state index >= 15 is 0 Å². The Balaban J connectivity index is 1.84. The Labute approximate surface area is 116 Å². The van der Waals surface area contributed by atoms with E-state index in [1.807, 2.05) is 37.3 Å². The highest BCUT2D eigenvalue weighted by Gasteiger charge is 2.11. The van der Waals surface area contributed by atoms with E-state index in [2.05, 4.69) is 15.1 Å². The summed E-state index contributed by atoms with van der Waals surface area (Å²) in [6.07, 6.45) is 4.08. The molecule has 0 fully saturated rings. The summed E-state index contributed by atoms with van der Waals surface area (Å²) < 4.78 is 5.29. The van der Waals surface area contributed by atoms with Gasteiger partial charge in [-0.2, -0.15) is 4.98 Å². The molecule has 0 aliphatic carbocycles. The molecule has 5 nitrogen and oxygen atoms in total. The van der Waals surface area contributed by atoms with Crippen molar-refractivity contribution in [3.05, 3.63) is 59.7 Å². The molecule has 0 radical (unpaired) electrons. The maximum absolute atomic E-state index is 5.66. The number of nitrogens with two attached hydrogens (primary N) is 1. The van der Waals surface area contributed by atoms with Crippen LogP contribution in [0.1, 0.15) is 17.0 Å². The van der Waals surface area contributed by atoms with Gasteiger partial charge in [0.25, 0.3) is 0 Å². The van der Waals surface area contributed by atoms with Crippen molar-refractivity contribution in [2.45, 2.75) is 13.3 Å². The Morgan fingerprint density at radius 3 is 2.70 bits per heavy atom. The summed E-state index contributed by atoms with van der Waals surface area (Å²) in [4.78, 5) is 8.50. The maximum Gasteiger partial charge on any atom is 0.231 e. The van der Waals surface area contributed by atoms with Gasteiger partial charge in [0.15, 0.2) is 0 Å². The molecule has 3 aromatic rings. The van der Waals surface area contributed by atoms with Gasteiger partial charge in [0, 0.05) is 23.6 Å². The van der Waals surface area contributed by atoms with E-state index in [-0.39, 0.29) is 0 Å². The van der Waals surface area contributed by atoms with Crippen molar-refractivity contribution in [3.63, 3.8) is 0 Å². The van der Waals surface area contributed by atoms with Crippen LogP contribution in [-0.4, -0.2) is 15.1 Å². The van der Waals surface area contributed by atoms with E-state index in [0.717, 1.165) is 22.4 Å². The summed E-state index contributed by atoms with van der Waals surface area (Å²) in [5.74, 6) is 1.15. The first kappa shape index (κ1) is 12.3. The Kier molecular flexibility index (Phi) is 3.16. The number of nitrogens with zero attached hydrogens (tertiary/aromatic N) is 3. The van der Waals surface area contributed by atoms with Crippen molar-refractivity contribution in [2.75, 3.05) is 5.73 Å². The third kappa shape index (κ3) is 2.51. The van der Waals surface area contributed by atoms with Crippen LogP contribution in [0, 0.1) is 6.92 Å². The van der Waals surface area contributed by atoms with Gasteiger partial charge in [-0.05, 0) is 36.2 Å². The molecule has 0 amide bonds. The number of pyridine rings is 1. The molecule has 2 heterocycles. The molecule has 0 saturated carbocycles. The Hall–Kier alpha value is -2.69. The fourth-order valence-electron chi connectivity index (χ4n) is 1.94. The molecule has 3 rings (SSSR count). The molecule has 2 N–H and O–H groups in total. The van der Waals surface area contributed by atoms with Crippen molar-refractivity contribution >= 4 is 5.69 Å². The number of aryl methyl sites for hydroxylation is 1. The molecule has 0 atom stereocenters. The largest absolute Gasteiger partial charge is 0.399 e. The van der Waals surface area contributed by atoms with Crippen LogP contribution in [0.15, 0.2) is 47.2 Å². The predicted octanol–water partition coefficient (Wildman–Crippen LogP) is 2.61. The predicted molar refractivity (Wildman–Crippen MR) is 75.9 cm³/mol. The molecule has 1 aromatic carbocycles. The molecule has 20 heavy (non-hydrogen) atoms. The lowest BCUT2D eigenvalue weighted by Crippen LogP contribution is -1.91. The SMILES string of the molecule is Cc1ccncc1-c1noc(Cc2ccc(N)cc2)n1. The minimum Gasteiger partial charge on any atom is -0.399 e. The lowest BCUT2D eigenvalue weighted by molar-refractivity contribution is 0.385. The third-order valence-corrected chi connectivity index (χ3v) is 3.08. The first-order valence-corrected chi connectivity index (χ1v) is 6.30. The van der Waals surface area contributed by atoms with E-state index in [1.54, 1.807) is 12.4 Å². The Bertz CT molecular complexity index is 719. The van der Waals surface area contributed by atoms with Crippen LogP contribution in [0.5, 0.6) is 0 Å². The number of hydrogen-bond acceptors (Lipinski definition) is 5. The Morgan fingerprint density at radius 1 is 1.15 bits per heavy atom. The monoisotopic (exact) mass is 266 g/mol. The number of nitrogen functional groups attached to an aromatic ring is 1. The topological polar surface area (TPSA) is 77.8 Å². The fourth-order valence-corrected chi connectivity index (χ4v) is 1.94. The average Bonchev–Trinajstić information content (AvgIpc) is 2.90. The summed E-state index contributed by atoms with van der Waals surface area (Å²) in [5.41, 5.74) is 9.44. The normalized spacial score (nSPS) is 10.7. The summed E-state index contributed by atoms with van der Waals surface area (Å²) >= 11 is 0. The minimum atomic E-state index is 0.570. The zero-order chi connectivity index (χ0) is 13.9. The second-order valence-corrected chi connectivity index (χ2v) is 4.62. The quantitative estimate of drug-likeness (QED) is 0.737. The Morgan fingerprint density at radius 2 is 1.95 bits per heavy atom. The summed E-state index contributed by atoms with van der Waals surface area (Å²) in [7, 11) is 0. The minimum absolute atomic E-state index is 0.570. The van der Waals surface area contributed by atoms with Gasteiger partial charge < -0.3 is 10.3 Å². The standard InChI is InChI=1S/C15H14N4O/c1-10-6-7-17-9-13(10)15-18-14(20-19-15)8-11-2-4-12(16)5-3-11/h2-7,9H,8,16H2,1H3. The molecule has 0 bridgehead atoms. The average molecular weight is 266 g/mol. The van der Waals surface area contributed by atoms with Crippen LogP contribution in [0.3, 0.4) is 0 Å². The van der Waals surface area contributed by atoms with E-state index in [0.29, 0.717) is 18.1 Å². The first-order valence-electron chi connectivity index (χ1n) is 6.30. The molecular weight excluding hydrogens is 252 g/mol. The van der Waals surface area contributed by atoms with E-state index < -0.39 is 0 Å². The summed E-state index contributed by atoms with van der Waals surface area (Å²) in [6, 6.07) is 9.55. The van der Waals surface area contributed by atoms with E-state index in [4.69, 9.17) is 10.3 Å². The molecule has 0 saturated heterocycles. The highest BCUT2D eigenvalue weighted by Crippen LogP contribution is 2.19. The smallest absolute Gasteiger partial charge is 0.231 e. The van der Waals surface area contributed by atoms with Crippen molar-refractivity contribution in [1.82, 2.24) is 15.1 Å². The highest BCUT2D eigenvalue weighted by atomic mass is 16.5. The highest BCUT2D eigenvalue weighted by molar-refractivity contribution is 5.57. The van der Waals surface area contributed by atoms with Crippen LogP contribution in [0.25, 0.3) is 11.4 Å². The fraction of sp³-hybridized carbons (Fsp3) is 0.133. The number of benzene rings is 1. The molecular formula is C15H14N4O. The lowest BCUT2D eigenvalue weighted by atomic mass is 10.1. The van der Waals surface area contributed by atoms with Gasteiger partial charge in [-0.3, -0.25) is 4.98 Å². The molecule has 0 aliphatic rings. The van der Waals surface area contributed by atoms with Gasteiger partial charge in [0.2, 0.25) is 11.7 Å². The molecule has 2 aromatic heterocycles. The second-order valence-electron chi connectivity index (χ2n) is 4.62. The number of anilines is 1. The lowest BCUT2D eigenvalue weighted by Gasteiger charge is -1.98. The molecule has 0 aliphatic heterocycles. The first-order chi connectivity index (χ1) is 9.72. The van der Waals surface area contributed by atoms with Gasteiger partial charge >= 0.3 is 0 Å². The van der Waals surface area contributed by atoms with Gasteiger partial charge in [0.1, 0.15) is 0 Å². The van der Waals surface area contributed by atoms with Gasteiger partial charge in [-0.15, -0.1) is 0 Å². The number of rotatable bonds is 3. The molecule has 0 unspecified atom stereocenters. The van der Waals surface area contributed by atoms with E-state index in [1.165, 1.54) is 0 Å². The van der Waals surface area contributed by atoms with Crippen molar-refractivity contribution in [2.24, 2.45) is 0 Å². The van der Waals surface area contributed by atoms with Crippen molar-refractivity contribution < 1.29 is 4.52 Å². The van der Waals surface area contributed by atoms with Crippen LogP contribution >= 0.6 is 0 Å². The zero-order valence-corrected chi connectivity index (χ0v) is 11.1. The van der Waals surface area contributed by atoms with Crippen LogP contribution in [0.4, 0.5) is 5.69 Å². The van der Waals surface area contributed by atoms with Gasteiger partial charge in [-0.1, -0.05) is 17.3 Å². The molecule has 100 valence electrons. The third-order valence-electron chi connectivity index (χ3n) is 3.08. The molecule has 0 spiro atoms. The van der Waals surface area contributed by atoms with Gasteiger partial charge in [0.05, 0.1) is 6.42 Å². The zero-order valence-electron chi connectivity index (χ0n) is 11.1. The van der Waals surface area contributed by atoms with Crippen molar-refractivity contribution in [1.29, 1.82) is 0 Å². The molecule has 5 heteroatoms. The van der Waals surface area contributed by atoms with Crippen LogP contribution < -0.4 is 5.73 Å². The van der Waals surface area contributed by atoms with Gasteiger partial charge in [-0.25, -0.2) is 0 Å². The summed E-state index contributed by atoms with van der Waals surface area (Å²) in [6.45, 7) is 1.99. The van der Waals surface area contributed by atoms with Crippen LogP contribution in [0.2, 0.25) is 0 Å². The number of hydrogen-bond donors (Lipinski definition) is 1. The maximum atomic E-state index is 5.66. The summed E-state index contributed by atoms with van der Waals surface area (Å²) in [5, 5.41) is 4.01. The van der Waals surface area contributed by atoms with Crippen molar-refractivity contribution in [3.8, 4) is 11.4 Å². The second kappa shape index (κ2) is 5.13.